The van der Waals surface area contributed by atoms with Gasteiger partial charge in [0.2, 0.25) is 5.91 Å². The number of amides is 2. The third kappa shape index (κ3) is 5.14. The van der Waals surface area contributed by atoms with E-state index in [0.29, 0.717) is 23.0 Å². The highest BCUT2D eigenvalue weighted by atomic mass is 127. The highest BCUT2D eigenvalue weighted by Crippen LogP contribution is 2.36. The lowest BCUT2D eigenvalue weighted by atomic mass is 10.2. The van der Waals surface area contributed by atoms with E-state index in [1.165, 1.54) is 6.92 Å². The average molecular weight is 508 g/mol. The van der Waals surface area contributed by atoms with Crippen molar-refractivity contribution in [3.8, 4) is 11.5 Å². The van der Waals surface area contributed by atoms with Crippen molar-refractivity contribution in [1.82, 2.24) is 5.32 Å². The fraction of sp³-hybridized carbons (Fsp3) is 0.150. The summed E-state index contributed by atoms with van der Waals surface area (Å²) < 4.78 is 12.3. The molecule has 8 heteroatoms. The second-order valence-corrected chi connectivity index (χ2v) is 8.02. The molecule has 0 saturated carbocycles. The number of rotatable bonds is 5. The highest BCUT2D eigenvalue weighted by Gasteiger charge is 2.23. The molecule has 0 atom stereocenters. The molecular formula is C20H17IN2O4S. The normalized spacial score (nSPS) is 14.8. The van der Waals surface area contributed by atoms with Gasteiger partial charge in [0.05, 0.1) is 15.6 Å². The van der Waals surface area contributed by atoms with E-state index in [1.807, 2.05) is 36.4 Å². The molecule has 0 aliphatic carbocycles. The Morgan fingerprint density at radius 2 is 2.04 bits per heavy atom. The van der Waals surface area contributed by atoms with Gasteiger partial charge in [-0.3, -0.25) is 9.59 Å². The minimum absolute atomic E-state index is 0.267. The number of ether oxygens (including phenoxy) is 2. The number of methoxy groups -OCH3 is 1. The second-order valence-electron chi connectivity index (χ2n) is 5.82. The van der Waals surface area contributed by atoms with Crippen LogP contribution in [0.3, 0.4) is 0 Å². The summed E-state index contributed by atoms with van der Waals surface area (Å²) in [6.07, 6.45) is 1.72. The van der Waals surface area contributed by atoms with E-state index in [4.69, 9.17) is 9.47 Å². The third-order valence-corrected chi connectivity index (χ3v) is 5.38. The van der Waals surface area contributed by atoms with Gasteiger partial charge in [0.1, 0.15) is 6.61 Å². The lowest BCUT2D eigenvalue weighted by molar-refractivity contribution is -0.117. The molecule has 0 saturated heterocycles. The summed E-state index contributed by atoms with van der Waals surface area (Å²) in [5.41, 5.74) is 1.84. The molecule has 1 N–H and O–H groups in total. The van der Waals surface area contributed by atoms with Crippen LogP contribution in [0.2, 0.25) is 0 Å². The standard InChI is InChI=1S/C20H17IN2O4S/c1-12(24)22-20-23-19(25)17(28-20)10-14-8-15(21)18(16(9-14)26-2)27-11-13-6-4-3-5-7-13/h3-10H,11H2,1-2H3,(H,22,23,24,25)/b17-10-. The van der Waals surface area contributed by atoms with E-state index in [0.717, 1.165) is 26.5 Å². The molecule has 2 aromatic rings. The average Bonchev–Trinajstić information content (AvgIpc) is 2.99. The predicted octanol–water partition coefficient (Wildman–Crippen LogP) is 3.99. The molecule has 2 aromatic carbocycles. The van der Waals surface area contributed by atoms with Crippen LogP contribution in [-0.2, 0) is 16.2 Å². The van der Waals surface area contributed by atoms with Crippen molar-refractivity contribution in [2.24, 2.45) is 4.99 Å². The van der Waals surface area contributed by atoms with Crippen LogP contribution in [-0.4, -0.2) is 24.1 Å². The number of hydrogen-bond acceptors (Lipinski definition) is 5. The van der Waals surface area contributed by atoms with E-state index in [9.17, 15) is 9.59 Å². The number of hydrogen-bond donors (Lipinski definition) is 1. The number of aliphatic imine (C=N–C) groups is 1. The fourth-order valence-corrected chi connectivity index (χ4v) is 4.10. The number of amidine groups is 1. The van der Waals surface area contributed by atoms with Crippen molar-refractivity contribution in [1.29, 1.82) is 0 Å². The number of carbonyl (C=O) groups is 2. The number of nitrogens with one attached hydrogen (secondary N) is 1. The number of thioether (sulfide) groups is 1. The second kappa shape index (κ2) is 9.24. The van der Waals surface area contributed by atoms with Gasteiger partial charge >= 0.3 is 0 Å². The smallest absolute Gasteiger partial charge is 0.286 e. The minimum Gasteiger partial charge on any atom is -0.493 e. The number of nitrogens with zero attached hydrogens (tertiary/aromatic N) is 1. The van der Waals surface area contributed by atoms with Crippen LogP contribution in [0.5, 0.6) is 11.5 Å². The molecule has 6 nitrogen and oxygen atoms in total. The zero-order valence-electron chi connectivity index (χ0n) is 15.2. The van der Waals surface area contributed by atoms with E-state index < -0.39 is 0 Å². The quantitative estimate of drug-likeness (QED) is 0.489. The van der Waals surface area contributed by atoms with Gasteiger partial charge in [0, 0.05) is 6.92 Å². The summed E-state index contributed by atoms with van der Waals surface area (Å²) in [4.78, 5) is 27.4. The summed E-state index contributed by atoms with van der Waals surface area (Å²) in [5, 5.41) is 2.81. The summed E-state index contributed by atoms with van der Waals surface area (Å²) in [7, 11) is 1.57. The molecule has 28 heavy (non-hydrogen) atoms. The van der Waals surface area contributed by atoms with Crippen LogP contribution in [0, 0.1) is 3.57 Å². The largest absolute Gasteiger partial charge is 0.493 e. The first-order chi connectivity index (χ1) is 13.5. The van der Waals surface area contributed by atoms with Crippen molar-refractivity contribution in [3.05, 3.63) is 62.1 Å². The lowest BCUT2D eigenvalue weighted by Crippen LogP contribution is -2.23. The van der Waals surface area contributed by atoms with Crippen molar-refractivity contribution in [3.63, 3.8) is 0 Å². The molecule has 0 aromatic heterocycles. The van der Waals surface area contributed by atoms with Gasteiger partial charge < -0.3 is 14.8 Å². The van der Waals surface area contributed by atoms with Crippen LogP contribution < -0.4 is 14.8 Å². The molecule has 2 amide bonds. The summed E-state index contributed by atoms with van der Waals surface area (Å²) in [5.74, 6) is 0.575. The summed E-state index contributed by atoms with van der Waals surface area (Å²) in [6, 6.07) is 13.6. The van der Waals surface area contributed by atoms with Gasteiger partial charge in [-0.25, -0.2) is 0 Å². The Morgan fingerprint density at radius 1 is 1.29 bits per heavy atom. The summed E-state index contributed by atoms with van der Waals surface area (Å²) >= 11 is 3.31. The maximum absolute atomic E-state index is 12.1. The zero-order valence-corrected chi connectivity index (χ0v) is 18.2. The molecular weight excluding hydrogens is 491 g/mol. The van der Waals surface area contributed by atoms with Crippen LogP contribution in [0.15, 0.2) is 52.4 Å². The molecule has 0 radical (unpaired) electrons. The SMILES string of the molecule is COc1cc(/C=C2\SC(NC(C)=O)=NC2=O)cc(I)c1OCc1ccccc1. The van der Waals surface area contributed by atoms with Crippen LogP contribution >= 0.6 is 34.4 Å². The van der Waals surface area contributed by atoms with Gasteiger partial charge in [-0.1, -0.05) is 30.3 Å². The Hall–Kier alpha value is -2.33. The third-order valence-electron chi connectivity index (χ3n) is 3.68. The molecule has 0 unspecified atom stereocenters. The van der Waals surface area contributed by atoms with Crippen molar-refractivity contribution in [2.75, 3.05) is 7.11 Å². The molecule has 1 aliphatic rings. The van der Waals surface area contributed by atoms with Crippen molar-refractivity contribution in [2.45, 2.75) is 13.5 Å². The number of halogens is 1. The van der Waals surface area contributed by atoms with Crippen molar-refractivity contribution >= 4 is 57.4 Å². The van der Waals surface area contributed by atoms with Gasteiger partial charge in [0.25, 0.3) is 5.91 Å². The predicted molar refractivity (Wildman–Crippen MR) is 118 cm³/mol. The fourth-order valence-electron chi connectivity index (χ4n) is 2.46. The Kier molecular flexibility index (Phi) is 6.74. The Labute approximate surface area is 180 Å². The highest BCUT2D eigenvalue weighted by molar-refractivity contribution is 14.1. The number of benzene rings is 2. The first-order valence-corrected chi connectivity index (χ1v) is 10.2. The maximum atomic E-state index is 12.1. The van der Waals surface area contributed by atoms with Crippen LogP contribution in [0.25, 0.3) is 6.08 Å². The first kappa shape index (κ1) is 20.4. The lowest BCUT2D eigenvalue weighted by Gasteiger charge is -2.14. The zero-order chi connectivity index (χ0) is 20.1. The molecule has 144 valence electrons. The molecule has 0 spiro atoms. The Balaban J connectivity index is 1.80. The van der Waals surface area contributed by atoms with Crippen LogP contribution in [0.1, 0.15) is 18.1 Å². The van der Waals surface area contributed by atoms with Gasteiger partial charge in [-0.05, 0) is 63.7 Å². The first-order valence-electron chi connectivity index (χ1n) is 8.30. The Bertz CT molecular complexity index is 974. The molecule has 1 heterocycles. The maximum Gasteiger partial charge on any atom is 0.286 e. The van der Waals surface area contributed by atoms with E-state index >= 15 is 0 Å². The number of carbonyl (C=O) groups excluding carboxylic acids is 2. The molecule has 3 rings (SSSR count). The molecule has 0 fully saturated rings. The van der Waals surface area contributed by atoms with Gasteiger partial charge in [-0.2, -0.15) is 4.99 Å². The molecule has 0 bridgehead atoms. The van der Waals surface area contributed by atoms with E-state index in [1.54, 1.807) is 19.3 Å². The van der Waals surface area contributed by atoms with Gasteiger partial charge in [0.15, 0.2) is 16.7 Å². The van der Waals surface area contributed by atoms with E-state index in [2.05, 4.69) is 32.9 Å². The van der Waals surface area contributed by atoms with Crippen molar-refractivity contribution < 1.29 is 19.1 Å². The van der Waals surface area contributed by atoms with Gasteiger partial charge in [-0.15, -0.1) is 0 Å². The monoisotopic (exact) mass is 508 g/mol. The molecule has 1 aliphatic heterocycles. The Morgan fingerprint density at radius 3 is 2.71 bits per heavy atom. The topological polar surface area (TPSA) is 77.0 Å². The van der Waals surface area contributed by atoms with Crippen LogP contribution in [0.4, 0.5) is 0 Å². The minimum atomic E-state index is -0.382. The van der Waals surface area contributed by atoms with E-state index in [-0.39, 0.29) is 17.0 Å². The summed E-state index contributed by atoms with van der Waals surface area (Å²) in [6.45, 7) is 1.80.